The number of rotatable bonds is 3. The molecule has 0 amide bonds. The maximum absolute atomic E-state index is 11.1. The highest BCUT2D eigenvalue weighted by Crippen LogP contribution is 2.31. The van der Waals surface area contributed by atoms with Crippen LogP contribution in [0.25, 0.3) is 0 Å². The van der Waals surface area contributed by atoms with Gasteiger partial charge in [0.2, 0.25) is 0 Å². The number of anilines is 1. The van der Waals surface area contributed by atoms with E-state index in [0.717, 1.165) is 83.1 Å². The van der Waals surface area contributed by atoms with Gasteiger partial charge in [0.15, 0.2) is 0 Å². The Hall–Kier alpha value is -1.24. The van der Waals surface area contributed by atoms with E-state index in [1.54, 1.807) is 0 Å². The first-order valence-electron chi connectivity index (χ1n) is 10.3. The van der Waals surface area contributed by atoms with Crippen molar-refractivity contribution in [2.45, 2.75) is 51.0 Å². The first kappa shape index (κ1) is 18.1. The number of β-amino-alcohol motifs (C(OH)–C–C–N with tert-alkyl or cyclic N) is 1. The number of likely N-dealkylation sites (tertiary alicyclic amines) is 1. The number of aliphatic hydroxyl groups is 1. The second-order valence-corrected chi connectivity index (χ2v) is 8.52. The predicted octanol–water partition coefficient (Wildman–Crippen LogP) is 1.24. The molecule has 0 aromatic carbocycles. The molecule has 3 aliphatic heterocycles. The van der Waals surface area contributed by atoms with Gasteiger partial charge in [0, 0.05) is 44.7 Å². The molecule has 4 heterocycles. The molecule has 0 atom stereocenters. The van der Waals surface area contributed by atoms with Crippen LogP contribution >= 0.6 is 0 Å². The van der Waals surface area contributed by atoms with Crippen molar-refractivity contribution < 1.29 is 5.11 Å². The Morgan fingerprint density at radius 1 is 0.962 bits per heavy atom. The number of aromatic nitrogens is 2. The Labute approximate surface area is 157 Å². The zero-order valence-corrected chi connectivity index (χ0v) is 16.4. The third kappa shape index (κ3) is 3.87. The molecule has 0 unspecified atom stereocenters. The summed E-state index contributed by atoms with van der Waals surface area (Å²) in [6.45, 7) is 9.07. The van der Waals surface area contributed by atoms with E-state index in [-0.39, 0.29) is 0 Å². The summed E-state index contributed by atoms with van der Waals surface area (Å²) in [5.41, 5.74) is 2.04. The van der Waals surface area contributed by atoms with Crippen LogP contribution in [0.3, 0.4) is 0 Å². The second kappa shape index (κ2) is 7.41. The summed E-state index contributed by atoms with van der Waals surface area (Å²) in [5, 5.41) is 11.1. The van der Waals surface area contributed by atoms with Crippen molar-refractivity contribution in [2.75, 3.05) is 57.8 Å². The first-order valence-corrected chi connectivity index (χ1v) is 10.3. The van der Waals surface area contributed by atoms with Crippen LogP contribution in [0, 0.1) is 6.92 Å². The average molecular weight is 360 g/mol. The Balaban J connectivity index is 1.48. The van der Waals surface area contributed by atoms with Crippen LogP contribution in [0.5, 0.6) is 0 Å². The number of aryl methyl sites for hydroxylation is 1. The minimum Gasteiger partial charge on any atom is -0.388 e. The quantitative estimate of drug-likeness (QED) is 0.876. The predicted molar refractivity (Wildman–Crippen MR) is 104 cm³/mol. The molecule has 2 saturated heterocycles. The molecule has 1 aromatic rings. The third-order valence-corrected chi connectivity index (χ3v) is 6.37. The smallest absolute Gasteiger partial charge is 0.135 e. The molecule has 3 aliphatic rings. The lowest BCUT2D eigenvalue weighted by molar-refractivity contribution is -0.0112. The summed E-state index contributed by atoms with van der Waals surface area (Å²) in [7, 11) is 2.19. The standard InChI is InChI=1S/C20H33N5O/c1-16-21-18-6-12-23(2)11-5-17(18)19(22-16)25-13-7-20(26,8-14-25)15-24-9-3-4-10-24/h26H,3-15H2,1-2H3. The molecule has 26 heavy (non-hydrogen) atoms. The highest BCUT2D eigenvalue weighted by Gasteiger charge is 2.36. The Bertz CT molecular complexity index is 635. The molecule has 0 bridgehead atoms. The lowest BCUT2D eigenvalue weighted by Crippen LogP contribution is -2.51. The van der Waals surface area contributed by atoms with E-state index in [2.05, 4.69) is 21.7 Å². The van der Waals surface area contributed by atoms with E-state index < -0.39 is 5.60 Å². The van der Waals surface area contributed by atoms with Gasteiger partial charge in [-0.05, 0) is 59.2 Å². The van der Waals surface area contributed by atoms with E-state index >= 15 is 0 Å². The Kier molecular flexibility index (Phi) is 5.17. The van der Waals surface area contributed by atoms with E-state index in [0.29, 0.717) is 0 Å². The van der Waals surface area contributed by atoms with E-state index in [4.69, 9.17) is 9.97 Å². The van der Waals surface area contributed by atoms with Crippen molar-refractivity contribution in [1.82, 2.24) is 19.8 Å². The summed E-state index contributed by atoms with van der Waals surface area (Å²) in [6.07, 6.45) is 6.26. The van der Waals surface area contributed by atoms with Crippen LogP contribution in [-0.2, 0) is 12.8 Å². The van der Waals surface area contributed by atoms with Gasteiger partial charge in [0.1, 0.15) is 11.6 Å². The van der Waals surface area contributed by atoms with Crippen LogP contribution < -0.4 is 4.90 Å². The van der Waals surface area contributed by atoms with Crippen molar-refractivity contribution in [2.24, 2.45) is 0 Å². The molecule has 144 valence electrons. The zero-order valence-electron chi connectivity index (χ0n) is 16.4. The van der Waals surface area contributed by atoms with Gasteiger partial charge in [0.25, 0.3) is 0 Å². The minimum absolute atomic E-state index is 0.528. The van der Waals surface area contributed by atoms with Crippen LogP contribution in [-0.4, -0.2) is 83.3 Å². The Morgan fingerprint density at radius 3 is 2.38 bits per heavy atom. The molecule has 1 aromatic heterocycles. The molecule has 6 nitrogen and oxygen atoms in total. The third-order valence-electron chi connectivity index (χ3n) is 6.37. The van der Waals surface area contributed by atoms with Crippen LogP contribution in [0.2, 0.25) is 0 Å². The molecule has 0 saturated carbocycles. The lowest BCUT2D eigenvalue weighted by Gasteiger charge is -2.41. The molecule has 0 spiro atoms. The van der Waals surface area contributed by atoms with Gasteiger partial charge in [-0.3, -0.25) is 0 Å². The van der Waals surface area contributed by atoms with E-state index in [1.807, 2.05) is 6.92 Å². The summed E-state index contributed by atoms with van der Waals surface area (Å²) in [5.74, 6) is 2.01. The highest BCUT2D eigenvalue weighted by atomic mass is 16.3. The molecule has 0 aliphatic carbocycles. The SMILES string of the molecule is Cc1nc2c(c(N3CCC(O)(CN4CCCC4)CC3)n1)CCN(C)CC2. The van der Waals surface area contributed by atoms with Gasteiger partial charge in [-0.15, -0.1) is 0 Å². The molecule has 2 fully saturated rings. The fraction of sp³-hybridized carbons (Fsp3) is 0.800. The monoisotopic (exact) mass is 359 g/mol. The van der Waals surface area contributed by atoms with Crippen LogP contribution in [0.4, 0.5) is 5.82 Å². The maximum atomic E-state index is 11.1. The van der Waals surface area contributed by atoms with Gasteiger partial charge >= 0.3 is 0 Å². The van der Waals surface area contributed by atoms with Crippen molar-refractivity contribution >= 4 is 5.82 Å². The lowest BCUT2D eigenvalue weighted by atomic mass is 9.90. The number of likely N-dealkylation sites (N-methyl/N-ethyl adjacent to an activating group) is 1. The summed E-state index contributed by atoms with van der Waals surface area (Å²) in [6, 6.07) is 0. The molecular formula is C20H33N5O. The minimum atomic E-state index is -0.528. The fourth-order valence-corrected chi connectivity index (χ4v) is 4.72. The Morgan fingerprint density at radius 2 is 1.65 bits per heavy atom. The topological polar surface area (TPSA) is 55.7 Å². The van der Waals surface area contributed by atoms with Gasteiger partial charge in [-0.1, -0.05) is 0 Å². The van der Waals surface area contributed by atoms with Crippen molar-refractivity contribution in [3.05, 3.63) is 17.1 Å². The number of hydrogen-bond donors (Lipinski definition) is 1. The van der Waals surface area contributed by atoms with Crippen molar-refractivity contribution in [3.8, 4) is 0 Å². The van der Waals surface area contributed by atoms with Crippen LogP contribution in [0.15, 0.2) is 0 Å². The van der Waals surface area contributed by atoms with Gasteiger partial charge in [0.05, 0.1) is 11.3 Å². The fourth-order valence-electron chi connectivity index (χ4n) is 4.72. The molecule has 4 rings (SSSR count). The number of hydrogen-bond acceptors (Lipinski definition) is 6. The van der Waals surface area contributed by atoms with Crippen molar-refractivity contribution in [3.63, 3.8) is 0 Å². The maximum Gasteiger partial charge on any atom is 0.135 e. The van der Waals surface area contributed by atoms with E-state index in [9.17, 15) is 5.11 Å². The summed E-state index contributed by atoms with van der Waals surface area (Å²) < 4.78 is 0. The van der Waals surface area contributed by atoms with Gasteiger partial charge in [-0.25, -0.2) is 9.97 Å². The normalized spacial score (nSPS) is 24.5. The average Bonchev–Trinajstić information content (AvgIpc) is 3.04. The van der Waals surface area contributed by atoms with Gasteiger partial charge in [-0.2, -0.15) is 0 Å². The number of nitrogens with zero attached hydrogens (tertiary/aromatic N) is 5. The number of piperidine rings is 1. The number of fused-ring (bicyclic) bond motifs is 1. The second-order valence-electron chi connectivity index (χ2n) is 8.52. The summed E-state index contributed by atoms with van der Waals surface area (Å²) >= 11 is 0. The van der Waals surface area contributed by atoms with Crippen LogP contribution in [0.1, 0.15) is 42.8 Å². The molecular weight excluding hydrogens is 326 g/mol. The zero-order chi connectivity index (χ0) is 18.1. The van der Waals surface area contributed by atoms with E-state index in [1.165, 1.54) is 24.1 Å². The largest absolute Gasteiger partial charge is 0.388 e. The molecule has 6 heteroatoms. The first-order chi connectivity index (χ1) is 12.5. The van der Waals surface area contributed by atoms with Gasteiger partial charge < -0.3 is 19.8 Å². The highest BCUT2D eigenvalue weighted by molar-refractivity contribution is 5.50. The summed E-state index contributed by atoms with van der Waals surface area (Å²) in [4.78, 5) is 16.8. The molecule has 0 radical (unpaired) electrons. The van der Waals surface area contributed by atoms with Crippen molar-refractivity contribution in [1.29, 1.82) is 0 Å². The molecule has 1 N–H and O–H groups in total.